The van der Waals surface area contributed by atoms with Gasteiger partial charge in [0.05, 0.1) is 37.6 Å². The number of anilines is 1. The number of nitrogens with one attached hydrogen (secondary N) is 1. The van der Waals surface area contributed by atoms with E-state index in [1.165, 1.54) is 6.92 Å². The number of nitrogens with zero attached hydrogens (tertiary/aromatic N) is 5. The molecule has 10 nitrogen and oxygen atoms in total. The van der Waals surface area contributed by atoms with Crippen LogP contribution in [0.2, 0.25) is 0 Å². The van der Waals surface area contributed by atoms with Gasteiger partial charge in [0, 0.05) is 33.6 Å². The van der Waals surface area contributed by atoms with Crippen LogP contribution in [0.5, 0.6) is 0 Å². The molecule has 2 heterocycles. The van der Waals surface area contributed by atoms with Crippen LogP contribution in [-0.4, -0.2) is 83.4 Å². The molecule has 6 atom stereocenters. The van der Waals surface area contributed by atoms with E-state index in [4.69, 9.17) is 26.7 Å². The molecular formula is C24H31FN6O4S. The molecule has 1 aromatic carbocycles. The van der Waals surface area contributed by atoms with Crippen LogP contribution in [-0.2, 0) is 4.74 Å². The highest BCUT2D eigenvalue weighted by molar-refractivity contribution is 7.99. The molecule has 2 aliphatic carbocycles. The van der Waals surface area contributed by atoms with Gasteiger partial charge in [-0.1, -0.05) is 36.0 Å². The minimum absolute atomic E-state index is 0.0571. The third-order valence-electron chi connectivity index (χ3n) is 4.97. The lowest BCUT2D eigenvalue weighted by Gasteiger charge is -2.17. The molecule has 2 aromatic heterocycles. The van der Waals surface area contributed by atoms with E-state index in [-0.39, 0.29) is 16.7 Å². The molecule has 2 saturated carbocycles. The van der Waals surface area contributed by atoms with Gasteiger partial charge in [0.1, 0.15) is 18.0 Å². The van der Waals surface area contributed by atoms with E-state index in [9.17, 15) is 19.7 Å². The molecule has 194 valence electrons. The Kier molecular flexibility index (Phi) is 3.64. The molecule has 0 amide bonds. The van der Waals surface area contributed by atoms with Gasteiger partial charge in [0.2, 0.25) is 0 Å². The van der Waals surface area contributed by atoms with Crippen molar-refractivity contribution < 1.29 is 46.4 Å². The van der Waals surface area contributed by atoms with E-state index in [1.807, 2.05) is 0 Å². The normalized spacial score (nSPS) is 47.9. The van der Waals surface area contributed by atoms with Gasteiger partial charge in [0.15, 0.2) is 22.1 Å². The fraction of sp³-hybridized carbons (Fsp3) is 0.583. The Morgan fingerprint density at radius 2 is 2.19 bits per heavy atom. The highest BCUT2D eigenvalue weighted by atomic mass is 32.2. The Hall–Kier alpha value is -2.38. The molecule has 0 radical (unpaired) electrons. The Bertz CT molecular complexity index is 1940. The summed E-state index contributed by atoms with van der Waals surface area (Å²) in [6, 6.07) is -8.19. The number of hydrogen-bond acceptors (Lipinski definition) is 10. The second kappa shape index (κ2) is 10.5. The minimum Gasteiger partial charge on any atom is -0.394 e. The summed E-state index contributed by atoms with van der Waals surface area (Å²) in [5.41, 5.74) is -4.78. The second-order valence-corrected chi connectivity index (χ2v) is 8.26. The third-order valence-corrected chi connectivity index (χ3v) is 5.77. The Labute approximate surface area is 234 Å². The van der Waals surface area contributed by atoms with Crippen LogP contribution in [0.3, 0.4) is 0 Å². The Morgan fingerprint density at radius 1 is 1.36 bits per heavy atom. The fourth-order valence-corrected chi connectivity index (χ4v) is 3.73. The highest BCUT2D eigenvalue weighted by Crippen LogP contribution is 2.44. The first kappa shape index (κ1) is 12.4. The Balaban J connectivity index is 1.73. The molecule has 3 aromatic rings. The van der Waals surface area contributed by atoms with Gasteiger partial charge in [-0.3, -0.25) is 0 Å². The molecule has 4 N–H and O–H groups in total. The number of ether oxygens (including phenoxy) is 1. The summed E-state index contributed by atoms with van der Waals surface area (Å²) in [4.78, 5) is 8.19. The van der Waals surface area contributed by atoms with Crippen LogP contribution >= 0.6 is 11.8 Å². The number of halogens is 1. The van der Waals surface area contributed by atoms with Crippen molar-refractivity contribution in [2.24, 2.45) is 0 Å². The average Bonchev–Trinajstić information content (AvgIpc) is 3.27. The van der Waals surface area contributed by atoms with Crippen molar-refractivity contribution in [1.82, 2.24) is 25.0 Å². The zero-order chi connectivity index (χ0) is 39.8. The first-order valence-corrected chi connectivity index (χ1v) is 11.3. The third kappa shape index (κ3) is 4.92. The molecule has 0 unspecified atom stereocenters. The molecule has 2 fully saturated rings. The van der Waals surface area contributed by atoms with Gasteiger partial charge in [-0.2, -0.15) is 0 Å². The number of rotatable bonds is 10. The van der Waals surface area contributed by atoms with Crippen LogP contribution in [0.25, 0.3) is 11.2 Å². The average molecular weight is 535 g/mol. The van der Waals surface area contributed by atoms with E-state index in [1.54, 1.807) is 0 Å². The van der Waals surface area contributed by atoms with E-state index < -0.39 is 119 Å². The number of benzene rings is 1. The summed E-state index contributed by atoms with van der Waals surface area (Å²) in [6.07, 6.45) is -19.1. The summed E-state index contributed by atoms with van der Waals surface area (Å²) in [6.45, 7) is -2.30. The van der Waals surface area contributed by atoms with Gasteiger partial charge in [-0.05, 0) is 36.9 Å². The standard InChI is InChI=1S/C24H31FN6O4S/c1-3-8-36-24-27-22(26-16-10-14(16)13-5-4-12(2)15(25)9-13)19-23(28-24)31(30-29-19)17-11-18(35-7-6-32)21(34)20(17)33/h4-5,9,14,16-18,20-21,32-34H,3,6-8,10-11H2,1-2H3,(H,26,27,28)/t14-,16+,17+,18-,20-,21+/m0/s1/i4D,5D,6D2,8D2,9D,10D2,11D2,14D,17D,18D,20D,21D. The van der Waals surface area contributed by atoms with E-state index in [0.717, 1.165) is 6.92 Å². The predicted molar refractivity (Wildman–Crippen MR) is 133 cm³/mol. The monoisotopic (exact) mass is 534 g/mol. The van der Waals surface area contributed by atoms with Crippen LogP contribution in [0.4, 0.5) is 10.2 Å². The van der Waals surface area contributed by atoms with Crippen LogP contribution in [0.15, 0.2) is 23.3 Å². The second-order valence-electron chi connectivity index (χ2n) is 7.40. The zero-order valence-electron chi connectivity index (χ0n) is 34.8. The summed E-state index contributed by atoms with van der Waals surface area (Å²) in [7, 11) is 0. The molecule has 5 rings (SSSR count). The van der Waals surface area contributed by atoms with Crippen molar-refractivity contribution >= 4 is 28.7 Å². The van der Waals surface area contributed by atoms with Gasteiger partial charge >= 0.3 is 0 Å². The summed E-state index contributed by atoms with van der Waals surface area (Å²) in [5, 5.41) is 41.1. The molecular weight excluding hydrogens is 487 g/mol. The maximum Gasteiger partial charge on any atom is 0.191 e. The van der Waals surface area contributed by atoms with Crippen molar-refractivity contribution in [3.05, 3.63) is 35.1 Å². The lowest BCUT2D eigenvalue weighted by Crippen LogP contribution is -2.33. The van der Waals surface area contributed by atoms with Crippen molar-refractivity contribution in [3.63, 3.8) is 0 Å². The van der Waals surface area contributed by atoms with E-state index in [0.29, 0.717) is 11.8 Å². The van der Waals surface area contributed by atoms with Crippen molar-refractivity contribution in [2.75, 3.05) is 24.2 Å². The van der Waals surface area contributed by atoms with Crippen LogP contribution in [0.1, 0.15) is 71.1 Å². The predicted octanol–water partition coefficient (Wildman–Crippen LogP) is 2.18. The van der Waals surface area contributed by atoms with E-state index >= 15 is 0 Å². The number of aliphatic hydroxyl groups is 3. The molecule has 2 aliphatic rings. The number of aromatic nitrogens is 5. The summed E-state index contributed by atoms with van der Waals surface area (Å²) in [5.74, 6) is -4.50. The van der Waals surface area contributed by atoms with Gasteiger partial charge in [-0.25, -0.2) is 19.0 Å². The smallest absolute Gasteiger partial charge is 0.191 e. The summed E-state index contributed by atoms with van der Waals surface area (Å²) < 4.78 is 153. The van der Waals surface area contributed by atoms with E-state index in [2.05, 4.69) is 25.6 Å². The SMILES string of the molecule is [2H]c1c([2H])c([C@@]2([2H])[C@H](Nc3nc(SC([2H])([2H])CC)nc4c3nnn4[C@]3([2H])C([2H])([2H])[C@]([2H])(OCC([2H])([2H])O)[C@@]([2H])(O)[C@@]3([2H])O)C2([2H])[2H])c([2H])c(F)c1C. The van der Waals surface area contributed by atoms with Gasteiger partial charge in [-0.15, -0.1) is 5.10 Å². The first-order valence-electron chi connectivity index (χ1n) is 18.5. The number of fused-ring (bicyclic) bond motifs is 1. The molecule has 0 aliphatic heterocycles. The zero-order valence-corrected chi connectivity index (χ0v) is 19.6. The lowest BCUT2D eigenvalue weighted by atomic mass is 10.1. The van der Waals surface area contributed by atoms with Gasteiger partial charge in [0.25, 0.3) is 0 Å². The fourth-order valence-electron chi connectivity index (χ4n) is 3.19. The molecule has 0 saturated heterocycles. The largest absolute Gasteiger partial charge is 0.394 e. The summed E-state index contributed by atoms with van der Waals surface area (Å²) >= 11 is 0.338. The molecule has 12 heteroatoms. The van der Waals surface area contributed by atoms with Crippen molar-refractivity contribution in [1.29, 1.82) is 0 Å². The Morgan fingerprint density at radius 3 is 2.97 bits per heavy atom. The topological polar surface area (TPSA) is 138 Å². The van der Waals surface area contributed by atoms with Crippen molar-refractivity contribution in [2.45, 2.75) is 74.4 Å². The minimum atomic E-state index is -4.17. The van der Waals surface area contributed by atoms with Crippen LogP contribution < -0.4 is 5.32 Å². The first-order chi connectivity index (χ1) is 23.3. The quantitative estimate of drug-likeness (QED) is 0.226. The molecule has 0 spiro atoms. The van der Waals surface area contributed by atoms with Crippen molar-refractivity contribution in [3.8, 4) is 0 Å². The highest BCUT2D eigenvalue weighted by Gasteiger charge is 2.45. The number of thioether (sulfide) groups is 1. The lowest BCUT2D eigenvalue weighted by molar-refractivity contribution is -0.0629. The maximum absolute atomic E-state index is 14.9. The molecule has 0 bridgehead atoms. The molecule has 36 heavy (non-hydrogen) atoms. The van der Waals surface area contributed by atoms with Crippen LogP contribution in [0, 0.1) is 12.7 Å². The number of hydrogen-bond donors (Lipinski definition) is 4. The maximum atomic E-state index is 14.9. The van der Waals surface area contributed by atoms with Gasteiger partial charge < -0.3 is 25.4 Å².